The second-order valence-electron chi connectivity index (χ2n) is 7.55. The minimum atomic E-state index is -0.516. The third-order valence-corrected chi connectivity index (χ3v) is 5.38. The zero-order chi connectivity index (χ0) is 24.1. The largest absolute Gasteiger partial charge is 0.493 e. The molecule has 3 aromatic carbocycles. The number of benzene rings is 3. The van der Waals surface area contributed by atoms with Gasteiger partial charge in [0.1, 0.15) is 0 Å². The molecule has 0 saturated heterocycles. The van der Waals surface area contributed by atoms with Gasteiger partial charge in [0.2, 0.25) is 0 Å². The van der Waals surface area contributed by atoms with E-state index in [0.717, 1.165) is 11.1 Å². The highest BCUT2D eigenvalue weighted by atomic mass is 16.5. The Morgan fingerprint density at radius 3 is 2.32 bits per heavy atom. The van der Waals surface area contributed by atoms with Gasteiger partial charge in [0.05, 0.1) is 31.9 Å². The number of fused-ring (bicyclic) bond motifs is 1. The predicted octanol–water partition coefficient (Wildman–Crippen LogP) is 3.62. The number of nitrogens with one attached hydrogen (secondary N) is 1. The number of amides is 1. The first-order chi connectivity index (χ1) is 16.5. The fraction of sp³-hybridized carbons (Fsp3) is 0.154. The zero-order valence-corrected chi connectivity index (χ0v) is 19.1. The van der Waals surface area contributed by atoms with Gasteiger partial charge in [0.25, 0.3) is 11.5 Å². The Labute approximate surface area is 196 Å². The smallest absolute Gasteiger partial charge is 0.292 e. The van der Waals surface area contributed by atoms with Crippen LogP contribution in [0.1, 0.15) is 28.5 Å². The third kappa shape index (κ3) is 4.66. The van der Waals surface area contributed by atoms with E-state index in [4.69, 9.17) is 9.47 Å². The molecule has 8 heteroatoms. The van der Waals surface area contributed by atoms with Crippen molar-refractivity contribution < 1.29 is 14.3 Å². The van der Waals surface area contributed by atoms with Crippen molar-refractivity contribution in [2.24, 2.45) is 5.10 Å². The Morgan fingerprint density at radius 1 is 0.941 bits per heavy atom. The molecule has 0 fully saturated rings. The van der Waals surface area contributed by atoms with Gasteiger partial charge in [0, 0.05) is 10.9 Å². The first-order valence-electron chi connectivity index (χ1n) is 10.6. The lowest BCUT2D eigenvalue weighted by molar-refractivity contribution is 0.0949. The van der Waals surface area contributed by atoms with Crippen LogP contribution in [0, 0.1) is 0 Å². The summed E-state index contributed by atoms with van der Waals surface area (Å²) in [6.45, 7) is 2.02. The van der Waals surface area contributed by atoms with E-state index in [0.29, 0.717) is 28.0 Å². The average molecular weight is 457 g/mol. The van der Waals surface area contributed by atoms with E-state index in [9.17, 15) is 9.59 Å². The number of hydrazone groups is 1. The molecule has 172 valence electrons. The van der Waals surface area contributed by atoms with Gasteiger partial charge < -0.3 is 9.47 Å². The van der Waals surface area contributed by atoms with Crippen molar-refractivity contribution in [3.05, 3.63) is 100.0 Å². The molecular weight excluding hydrogens is 432 g/mol. The van der Waals surface area contributed by atoms with Crippen LogP contribution in [0.5, 0.6) is 11.5 Å². The molecule has 4 rings (SSSR count). The van der Waals surface area contributed by atoms with Crippen molar-refractivity contribution in [1.29, 1.82) is 0 Å². The molecule has 0 aliphatic heterocycles. The summed E-state index contributed by atoms with van der Waals surface area (Å²) < 4.78 is 11.9. The monoisotopic (exact) mass is 456 g/mol. The van der Waals surface area contributed by atoms with Crippen LogP contribution in [0.15, 0.2) is 82.7 Å². The van der Waals surface area contributed by atoms with E-state index in [1.807, 2.05) is 36.4 Å². The van der Waals surface area contributed by atoms with Gasteiger partial charge in [0.15, 0.2) is 17.2 Å². The third-order valence-electron chi connectivity index (χ3n) is 5.38. The summed E-state index contributed by atoms with van der Waals surface area (Å²) in [4.78, 5) is 26.1. The van der Waals surface area contributed by atoms with Crippen molar-refractivity contribution >= 4 is 22.4 Å². The lowest BCUT2D eigenvalue weighted by Gasteiger charge is -2.11. The van der Waals surface area contributed by atoms with E-state index in [-0.39, 0.29) is 17.8 Å². The maximum atomic E-state index is 13.1. The molecule has 0 unspecified atom stereocenters. The van der Waals surface area contributed by atoms with E-state index in [1.165, 1.54) is 4.68 Å². The molecule has 0 bridgehead atoms. The number of nitrogens with zero attached hydrogens (tertiary/aromatic N) is 3. The standard InChI is InChI=1S/C26H24N4O4/c1-17(19-13-14-22(33-2)23(15-19)34-3)27-28-25(31)24-20-11-7-8-12-21(20)26(32)30(29-24)16-18-9-5-4-6-10-18/h4-15H,16H2,1-3H3,(H,28,31)/b27-17+. The topological polar surface area (TPSA) is 94.8 Å². The van der Waals surface area contributed by atoms with Crippen LogP contribution in [-0.4, -0.2) is 35.6 Å². The second-order valence-corrected chi connectivity index (χ2v) is 7.55. The summed E-state index contributed by atoms with van der Waals surface area (Å²) in [7, 11) is 3.12. The molecule has 0 atom stereocenters. The number of ether oxygens (including phenoxy) is 2. The maximum Gasteiger partial charge on any atom is 0.292 e. The first kappa shape index (κ1) is 22.7. The summed E-state index contributed by atoms with van der Waals surface area (Å²) >= 11 is 0. The van der Waals surface area contributed by atoms with Crippen molar-refractivity contribution in [1.82, 2.24) is 15.2 Å². The number of rotatable bonds is 7. The van der Waals surface area contributed by atoms with Gasteiger partial charge in [-0.2, -0.15) is 10.2 Å². The van der Waals surface area contributed by atoms with Gasteiger partial charge >= 0.3 is 0 Å². The lowest BCUT2D eigenvalue weighted by atomic mass is 10.1. The number of carbonyl (C=O) groups is 1. The Morgan fingerprint density at radius 2 is 1.62 bits per heavy atom. The minimum Gasteiger partial charge on any atom is -0.493 e. The molecule has 0 radical (unpaired) electrons. The fourth-order valence-electron chi connectivity index (χ4n) is 3.58. The van der Waals surface area contributed by atoms with Crippen molar-refractivity contribution in [3.63, 3.8) is 0 Å². The number of aromatic nitrogens is 2. The molecule has 1 aromatic heterocycles. The van der Waals surface area contributed by atoms with Gasteiger partial charge in [-0.05, 0) is 36.8 Å². The molecule has 0 spiro atoms. The highest BCUT2D eigenvalue weighted by Crippen LogP contribution is 2.27. The van der Waals surface area contributed by atoms with Crippen molar-refractivity contribution in [2.75, 3.05) is 14.2 Å². The Hall–Kier alpha value is -4.46. The molecule has 1 amide bonds. The number of methoxy groups -OCH3 is 2. The van der Waals surface area contributed by atoms with Crippen LogP contribution in [0.4, 0.5) is 0 Å². The van der Waals surface area contributed by atoms with Gasteiger partial charge in [-0.3, -0.25) is 9.59 Å². The summed E-state index contributed by atoms with van der Waals surface area (Å²) in [5.74, 6) is 0.638. The number of hydrogen-bond acceptors (Lipinski definition) is 6. The molecule has 34 heavy (non-hydrogen) atoms. The fourth-order valence-corrected chi connectivity index (χ4v) is 3.58. The summed E-state index contributed by atoms with van der Waals surface area (Å²) in [6, 6.07) is 21.8. The SMILES string of the molecule is COc1ccc(/C(C)=N/NC(=O)c2nn(Cc3ccccc3)c(=O)c3ccccc23)cc1OC. The maximum absolute atomic E-state index is 13.1. The van der Waals surface area contributed by atoms with Crippen LogP contribution < -0.4 is 20.5 Å². The Bertz CT molecular complexity index is 1430. The quantitative estimate of drug-likeness (QED) is 0.339. The summed E-state index contributed by atoms with van der Waals surface area (Å²) in [5, 5.41) is 9.50. The predicted molar refractivity (Wildman–Crippen MR) is 131 cm³/mol. The normalized spacial score (nSPS) is 11.3. The molecular formula is C26H24N4O4. The Kier molecular flexibility index (Phi) is 6.68. The molecule has 1 heterocycles. The molecule has 0 aliphatic rings. The van der Waals surface area contributed by atoms with Crippen LogP contribution >= 0.6 is 0 Å². The average Bonchev–Trinajstić information content (AvgIpc) is 2.88. The van der Waals surface area contributed by atoms with E-state index < -0.39 is 5.91 Å². The van der Waals surface area contributed by atoms with E-state index in [2.05, 4.69) is 15.6 Å². The van der Waals surface area contributed by atoms with Gasteiger partial charge in [-0.25, -0.2) is 10.1 Å². The van der Waals surface area contributed by atoms with Crippen LogP contribution in [0.3, 0.4) is 0 Å². The van der Waals surface area contributed by atoms with Gasteiger partial charge in [-0.15, -0.1) is 0 Å². The second kappa shape index (κ2) is 9.99. The van der Waals surface area contributed by atoms with Crippen LogP contribution in [0.2, 0.25) is 0 Å². The number of hydrogen-bond donors (Lipinski definition) is 1. The van der Waals surface area contributed by atoms with Crippen LogP contribution in [0.25, 0.3) is 10.8 Å². The Balaban J connectivity index is 1.67. The van der Waals surface area contributed by atoms with E-state index in [1.54, 1.807) is 57.5 Å². The molecule has 1 N–H and O–H groups in total. The highest BCUT2D eigenvalue weighted by Gasteiger charge is 2.17. The number of carbonyl (C=O) groups excluding carboxylic acids is 1. The minimum absolute atomic E-state index is 0.120. The first-order valence-corrected chi connectivity index (χ1v) is 10.6. The summed E-state index contributed by atoms with van der Waals surface area (Å²) in [6.07, 6.45) is 0. The molecule has 0 saturated carbocycles. The summed E-state index contributed by atoms with van der Waals surface area (Å²) in [5.41, 5.74) is 4.65. The molecule has 0 aliphatic carbocycles. The zero-order valence-electron chi connectivity index (χ0n) is 19.1. The van der Waals surface area contributed by atoms with E-state index >= 15 is 0 Å². The van der Waals surface area contributed by atoms with Gasteiger partial charge in [-0.1, -0.05) is 48.5 Å². The van der Waals surface area contributed by atoms with Crippen LogP contribution in [-0.2, 0) is 6.54 Å². The lowest BCUT2D eigenvalue weighted by Crippen LogP contribution is -2.29. The van der Waals surface area contributed by atoms with Crippen molar-refractivity contribution in [3.8, 4) is 11.5 Å². The van der Waals surface area contributed by atoms with Crippen molar-refractivity contribution in [2.45, 2.75) is 13.5 Å². The molecule has 4 aromatic rings. The highest BCUT2D eigenvalue weighted by molar-refractivity contribution is 6.06. The molecule has 8 nitrogen and oxygen atoms in total.